The summed E-state index contributed by atoms with van der Waals surface area (Å²) >= 11 is 0. The molecule has 1 heterocycles. The van der Waals surface area contributed by atoms with Gasteiger partial charge in [-0.05, 0) is 0 Å². The van der Waals surface area contributed by atoms with Crippen molar-refractivity contribution in [1.82, 2.24) is 0 Å². The molecule has 2 N–H and O–H groups in total. The molecule has 1 saturated heterocycles. The number of nitro groups is 2. The Hall–Kier alpha value is -1.61. The molecule has 1 saturated carbocycles. The zero-order valence-electron chi connectivity index (χ0n) is 10.3. The number of aliphatic hydroxyl groups is 1. The molecule has 1 aliphatic carbocycles. The van der Waals surface area contributed by atoms with Crippen LogP contribution in [0, 0.1) is 20.2 Å². The Bertz CT molecular complexity index is 407. The number of hydrogen-bond acceptors (Lipinski definition) is 6. The van der Waals surface area contributed by atoms with Gasteiger partial charge >= 0.3 is 0 Å². The van der Waals surface area contributed by atoms with Crippen molar-refractivity contribution in [3.63, 3.8) is 0 Å². The monoisotopic (exact) mass is 274 g/mol. The second-order valence-corrected chi connectivity index (χ2v) is 5.61. The molecule has 0 radical (unpaired) electrons. The van der Waals surface area contributed by atoms with E-state index in [-0.39, 0.29) is 45.5 Å². The number of nitrogens with one attached hydrogen (secondary N) is 1. The first kappa shape index (κ1) is 13.8. The molecular formula is C10H16N3O6+. The normalized spacial score (nSPS) is 37.9. The Morgan fingerprint density at radius 3 is 2.00 bits per heavy atom. The van der Waals surface area contributed by atoms with Crippen molar-refractivity contribution in [2.45, 2.75) is 30.3 Å². The Kier molecular flexibility index (Phi) is 3.27. The van der Waals surface area contributed by atoms with E-state index in [1.807, 2.05) is 0 Å². The highest BCUT2D eigenvalue weighted by molar-refractivity contribution is 5.81. The van der Waals surface area contributed by atoms with E-state index in [0.717, 1.165) is 0 Å². The maximum absolute atomic E-state index is 11.7. The van der Waals surface area contributed by atoms with Crippen LogP contribution in [0.2, 0.25) is 0 Å². The lowest BCUT2D eigenvalue weighted by atomic mass is 9.67. The highest BCUT2D eigenvalue weighted by atomic mass is 16.6. The number of aliphatic hydroxyl groups excluding tert-OH is 1. The van der Waals surface area contributed by atoms with Crippen LogP contribution >= 0.6 is 0 Å². The van der Waals surface area contributed by atoms with Crippen LogP contribution in [-0.2, 0) is 4.79 Å². The molecule has 2 aliphatic rings. The van der Waals surface area contributed by atoms with Gasteiger partial charge in [0, 0.05) is 9.85 Å². The molecule has 106 valence electrons. The molecule has 1 aliphatic heterocycles. The summed E-state index contributed by atoms with van der Waals surface area (Å²) in [5.41, 5.74) is -3.10. The number of likely N-dealkylation sites (tertiary alicyclic amines) is 1. The minimum absolute atomic E-state index is 0.0574. The van der Waals surface area contributed by atoms with E-state index in [0.29, 0.717) is 4.90 Å². The largest absolute Gasteiger partial charge is 0.391 e. The van der Waals surface area contributed by atoms with Crippen LogP contribution in [0.4, 0.5) is 0 Å². The number of carbonyl (C=O) groups excluding carboxylic acids is 1. The quantitative estimate of drug-likeness (QED) is 0.437. The molecule has 2 rings (SSSR count). The average Bonchev–Trinajstić information content (AvgIpc) is 2.27. The molecule has 0 aromatic carbocycles. The van der Waals surface area contributed by atoms with Crippen molar-refractivity contribution >= 4 is 5.78 Å². The summed E-state index contributed by atoms with van der Waals surface area (Å²) in [6, 6.07) is 0. The first-order valence-electron chi connectivity index (χ1n) is 6.09. The molecule has 0 amide bonds. The Morgan fingerprint density at radius 2 is 1.63 bits per heavy atom. The number of fused-ring (bicyclic) bond motifs is 2. The minimum Gasteiger partial charge on any atom is -0.391 e. The molecule has 2 bridgehead atoms. The van der Waals surface area contributed by atoms with Gasteiger partial charge in [-0.15, -0.1) is 0 Å². The van der Waals surface area contributed by atoms with Crippen molar-refractivity contribution in [3.8, 4) is 0 Å². The zero-order valence-corrected chi connectivity index (χ0v) is 10.3. The lowest BCUT2D eigenvalue weighted by Crippen LogP contribution is -3.18. The lowest BCUT2D eigenvalue weighted by Gasteiger charge is -2.43. The number of Topliss-reactive ketones (excluding diaryl/α,β-unsaturated/α-hetero) is 1. The fourth-order valence-electron chi connectivity index (χ4n) is 3.50. The Labute approximate surface area is 108 Å². The van der Waals surface area contributed by atoms with Crippen LogP contribution in [-0.4, -0.2) is 58.1 Å². The smallest absolute Gasteiger partial charge is 0.283 e. The standard InChI is InChI=1S/C10H15N3O6/c14-2-1-11-6-9(12(16)17)3-8(15)4-10(5-9,7-11)13(18)19/h14H,1-7H2/p+1/t9-,10+. The summed E-state index contributed by atoms with van der Waals surface area (Å²) in [6.45, 7) is 0.147. The van der Waals surface area contributed by atoms with Crippen molar-refractivity contribution in [2.75, 3.05) is 26.2 Å². The number of hydrogen-bond donors (Lipinski definition) is 2. The summed E-state index contributed by atoms with van der Waals surface area (Å²) in [4.78, 5) is 33.8. The molecule has 2 fully saturated rings. The number of carbonyl (C=O) groups is 1. The predicted molar refractivity (Wildman–Crippen MR) is 61.0 cm³/mol. The summed E-state index contributed by atoms with van der Waals surface area (Å²) < 4.78 is 0. The van der Waals surface area contributed by atoms with Crippen molar-refractivity contribution < 1.29 is 24.6 Å². The maximum Gasteiger partial charge on any atom is 0.283 e. The van der Waals surface area contributed by atoms with Crippen LogP contribution in [0.1, 0.15) is 19.3 Å². The van der Waals surface area contributed by atoms with Crippen molar-refractivity contribution in [2.24, 2.45) is 0 Å². The average molecular weight is 274 g/mol. The maximum atomic E-state index is 11.7. The fourth-order valence-corrected chi connectivity index (χ4v) is 3.50. The van der Waals surface area contributed by atoms with E-state index in [1.165, 1.54) is 0 Å². The first-order valence-corrected chi connectivity index (χ1v) is 6.09. The molecule has 0 aromatic heterocycles. The van der Waals surface area contributed by atoms with E-state index in [1.54, 1.807) is 0 Å². The van der Waals surface area contributed by atoms with E-state index in [4.69, 9.17) is 5.11 Å². The molecule has 19 heavy (non-hydrogen) atoms. The Morgan fingerprint density at radius 1 is 1.16 bits per heavy atom. The summed E-state index contributed by atoms with van der Waals surface area (Å²) in [7, 11) is 0. The van der Waals surface area contributed by atoms with Crippen molar-refractivity contribution in [3.05, 3.63) is 20.2 Å². The van der Waals surface area contributed by atoms with E-state index in [2.05, 4.69) is 0 Å². The second-order valence-electron chi connectivity index (χ2n) is 5.61. The van der Waals surface area contributed by atoms with Gasteiger partial charge in [0.15, 0.2) is 0 Å². The highest BCUT2D eigenvalue weighted by Crippen LogP contribution is 2.38. The third kappa shape index (κ3) is 2.19. The van der Waals surface area contributed by atoms with Gasteiger partial charge in [-0.2, -0.15) is 0 Å². The number of ketones is 1. The summed E-state index contributed by atoms with van der Waals surface area (Å²) in [5.74, 6) is -0.414. The van der Waals surface area contributed by atoms with Gasteiger partial charge < -0.3 is 10.0 Å². The molecule has 0 aromatic rings. The number of nitrogens with zero attached hydrogens (tertiary/aromatic N) is 2. The van der Waals surface area contributed by atoms with Gasteiger partial charge in [-0.1, -0.05) is 0 Å². The lowest BCUT2D eigenvalue weighted by molar-refractivity contribution is -0.945. The van der Waals surface area contributed by atoms with Gasteiger partial charge in [0.1, 0.15) is 31.8 Å². The van der Waals surface area contributed by atoms with Gasteiger partial charge in [0.2, 0.25) is 0 Å². The van der Waals surface area contributed by atoms with Crippen LogP contribution < -0.4 is 4.90 Å². The van der Waals surface area contributed by atoms with Crippen LogP contribution in [0.25, 0.3) is 0 Å². The number of rotatable bonds is 4. The topological polar surface area (TPSA) is 128 Å². The zero-order chi connectivity index (χ0) is 14.3. The summed E-state index contributed by atoms with van der Waals surface area (Å²) in [5, 5.41) is 31.6. The Balaban J connectivity index is 2.41. The fraction of sp³-hybridized carbons (Fsp3) is 0.900. The predicted octanol–water partition coefficient (Wildman–Crippen LogP) is -2.34. The number of piperidine rings is 1. The molecule has 9 nitrogen and oxygen atoms in total. The molecule has 0 spiro atoms. The van der Waals surface area contributed by atoms with Crippen LogP contribution in [0.3, 0.4) is 0 Å². The highest BCUT2D eigenvalue weighted by Gasteiger charge is 2.69. The molecule has 9 heteroatoms. The third-order valence-corrected chi connectivity index (χ3v) is 4.11. The summed E-state index contributed by atoms with van der Waals surface area (Å²) in [6.07, 6.45) is -0.685. The van der Waals surface area contributed by atoms with Gasteiger partial charge in [-0.25, -0.2) is 0 Å². The van der Waals surface area contributed by atoms with Crippen LogP contribution in [0.5, 0.6) is 0 Å². The van der Waals surface area contributed by atoms with E-state index >= 15 is 0 Å². The van der Waals surface area contributed by atoms with Crippen molar-refractivity contribution in [1.29, 1.82) is 0 Å². The molecule has 1 unspecified atom stereocenters. The van der Waals surface area contributed by atoms with Gasteiger partial charge in [-0.3, -0.25) is 25.0 Å². The first-order chi connectivity index (χ1) is 8.83. The minimum atomic E-state index is -1.55. The SMILES string of the molecule is O=C1C[C@]2([N+](=O)[O-])C[NH+](CCO)C[C@]([N+](=O)[O-])(C1)C2. The second kappa shape index (κ2) is 4.49. The van der Waals surface area contributed by atoms with E-state index in [9.17, 15) is 25.0 Å². The third-order valence-electron chi connectivity index (χ3n) is 4.11. The van der Waals surface area contributed by atoms with E-state index < -0.39 is 26.7 Å². The number of quaternary nitrogens is 1. The van der Waals surface area contributed by atoms with Gasteiger partial charge in [0.05, 0.1) is 19.4 Å². The molecule has 3 atom stereocenters. The van der Waals surface area contributed by atoms with Crippen LogP contribution in [0.15, 0.2) is 0 Å². The molecular weight excluding hydrogens is 258 g/mol. The van der Waals surface area contributed by atoms with Gasteiger partial charge in [0.25, 0.3) is 11.1 Å².